The molecule has 5 nitrogen and oxygen atoms in total. The van der Waals surface area contributed by atoms with Crippen LogP contribution in [0.4, 0.5) is 10.1 Å². The predicted octanol–water partition coefficient (Wildman–Crippen LogP) is 4.38. The van der Waals surface area contributed by atoms with E-state index in [1.54, 1.807) is 24.3 Å². The standard InChI is InChI=1S/C21H26ClFN2O3S2/c1-16-8-10-17(11-9-16)25(30(2,27)28)13-4-7-21(26)24-12-14-29-15-18-19(22)5-3-6-20(18)23/h3,5-6,8-11H,4,7,12-15H2,1-2H3,(H,24,26). The molecule has 164 valence electrons. The van der Waals surface area contributed by atoms with Crippen LogP contribution in [0.1, 0.15) is 24.0 Å². The summed E-state index contributed by atoms with van der Waals surface area (Å²) < 4.78 is 39.2. The van der Waals surface area contributed by atoms with Crippen molar-refractivity contribution in [2.75, 3.05) is 29.4 Å². The Morgan fingerprint density at radius 2 is 1.90 bits per heavy atom. The molecule has 1 amide bonds. The van der Waals surface area contributed by atoms with E-state index in [1.807, 2.05) is 19.1 Å². The van der Waals surface area contributed by atoms with Crippen molar-refractivity contribution in [3.05, 3.63) is 64.4 Å². The zero-order valence-electron chi connectivity index (χ0n) is 17.0. The van der Waals surface area contributed by atoms with E-state index in [0.29, 0.717) is 40.7 Å². The molecule has 0 heterocycles. The third-order valence-electron chi connectivity index (χ3n) is 4.36. The number of carbonyl (C=O) groups excluding carboxylic acids is 1. The second-order valence-corrected chi connectivity index (χ2v) is 10.3. The first-order valence-electron chi connectivity index (χ1n) is 9.50. The minimum Gasteiger partial charge on any atom is -0.355 e. The number of benzene rings is 2. The second kappa shape index (κ2) is 11.6. The zero-order chi connectivity index (χ0) is 22.1. The molecule has 2 aromatic carbocycles. The molecule has 0 aliphatic rings. The molecule has 0 aliphatic carbocycles. The first-order valence-corrected chi connectivity index (χ1v) is 12.9. The molecule has 2 aromatic rings. The Balaban J connectivity index is 1.71. The average Bonchev–Trinajstić information content (AvgIpc) is 2.67. The molecule has 9 heteroatoms. The summed E-state index contributed by atoms with van der Waals surface area (Å²) in [6.07, 6.45) is 1.79. The quantitative estimate of drug-likeness (QED) is 0.493. The maximum atomic E-state index is 13.7. The van der Waals surface area contributed by atoms with Crippen molar-refractivity contribution < 1.29 is 17.6 Å². The van der Waals surface area contributed by atoms with Crippen molar-refractivity contribution in [2.45, 2.75) is 25.5 Å². The van der Waals surface area contributed by atoms with Crippen molar-refractivity contribution in [3.63, 3.8) is 0 Å². The number of aryl methyl sites for hydroxylation is 1. The number of thioether (sulfide) groups is 1. The van der Waals surface area contributed by atoms with E-state index in [0.717, 1.165) is 11.8 Å². The lowest BCUT2D eigenvalue weighted by Crippen LogP contribution is -2.32. The number of sulfonamides is 1. The highest BCUT2D eigenvalue weighted by molar-refractivity contribution is 7.98. The van der Waals surface area contributed by atoms with Crippen molar-refractivity contribution in [1.29, 1.82) is 0 Å². The minimum absolute atomic E-state index is 0.142. The summed E-state index contributed by atoms with van der Waals surface area (Å²) in [4.78, 5) is 12.0. The van der Waals surface area contributed by atoms with Gasteiger partial charge >= 0.3 is 0 Å². The summed E-state index contributed by atoms with van der Waals surface area (Å²) in [5, 5.41) is 3.20. The highest BCUT2D eigenvalue weighted by atomic mass is 35.5. The van der Waals surface area contributed by atoms with Crippen molar-refractivity contribution in [1.82, 2.24) is 5.32 Å². The Morgan fingerprint density at radius 1 is 1.20 bits per heavy atom. The lowest BCUT2D eigenvalue weighted by Gasteiger charge is -2.22. The van der Waals surface area contributed by atoms with Gasteiger partial charge in [-0.2, -0.15) is 11.8 Å². The van der Waals surface area contributed by atoms with E-state index < -0.39 is 10.0 Å². The largest absolute Gasteiger partial charge is 0.355 e. The molecule has 0 unspecified atom stereocenters. The molecule has 0 radical (unpaired) electrons. The molecule has 1 N–H and O–H groups in total. The number of nitrogens with one attached hydrogen (secondary N) is 1. The van der Waals surface area contributed by atoms with Gasteiger partial charge in [-0.1, -0.05) is 35.4 Å². The second-order valence-electron chi connectivity index (χ2n) is 6.88. The fourth-order valence-corrected chi connectivity index (χ4v) is 4.94. The molecule has 0 aromatic heterocycles. The zero-order valence-corrected chi connectivity index (χ0v) is 19.4. The number of halogens is 2. The predicted molar refractivity (Wildman–Crippen MR) is 123 cm³/mol. The highest BCUT2D eigenvalue weighted by Gasteiger charge is 2.17. The Labute approximate surface area is 187 Å². The fourth-order valence-electron chi connectivity index (χ4n) is 2.78. The average molecular weight is 473 g/mol. The van der Waals surface area contributed by atoms with Crippen LogP contribution in [0.3, 0.4) is 0 Å². The van der Waals surface area contributed by atoms with Crippen molar-refractivity contribution in [3.8, 4) is 0 Å². The van der Waals surface area contributed by atoms with E-state index in [9.17, 15) is 17.6 Å². The van der Waals surface area contributed by atoms with Gasteiger partial charge in [0, 0.05) is 41.6 Å². The van der Waals surface area contributed by atoms with E-state index in [2.05, 4.69) is 5.32 Å². The smallest absolute Gasteiger partial charge is 0.232 e. The van der Waals surface area contributed by atoms with Gasteiger partial charge in [-0.25, -0.2) is 12.8 Å². The Kier molecular flexibility index (Phi) is 9.45. The van der Waals surface area contributed by atoms with Crippen LogP contribution in [0.5, 0.6) is 0 Å². The Hall–Kier alpha value is -1.77. The van der Waals surface area contributed by atoms with Gasteiger partial charge in [0.1, 0.15) is 5.82 Å². The van der Waals surface area contributed by atoms with Gasteiger partial charge < -0.3 is 5.32 Å². The topological polar surface area (TPSA) is 66.5 Å². The summed E-state index contributed by atoms with van der Waals surface area (Å²) in [6.45, 7) is 2.61. The van der Waals surface area contributed by atoms with Gasteiger partial charge in [-0.15, -0.1) is 0 Å². The summed E-state index contributed by atoms with van der Waals surface area (Å²) in [7, 11) is -3.43. The van der Waals surface area contributed by atoms with Crippen LogP contribution >= 0.6 is 23.4 Å². The van der Waals surface area contributed by atoms with Crippen LogP contribution in [0.25, 0.3) is 0 Å². The molecule has 30 heavy (non-hydrogen) atoms. The number of anilines is 1. The highest BCUT2D eigenvalue weighted by Crippen LogP contribution is 2.23. The van der Waals surface area contributed by atoms with Gasteiger partial charge in [0.15, 0.2) is 0 Å². The molecule has 0 spiro atoms. The molecule has 0 bridgehead atoms. The Morgan fingerprint density at radius 3 is 2.53 bits per heavy atom. The molecule has 0 atom stereocenters. The number of rotatable bonds is 11. The van der Waals surface area contributed by atoms with E-state index in [1.165, 1.54) is 22.1 Å². The third kappa shape index (κ3) is 7.81. The normalized spacial score (nSPS) is 11.3. The number of carbonyl (C=O) groups is 1. The monoisotopic (exact) mass is 472 g/mol. The molecule has 0 aliphatic heterocycles. The van der Waals surface area contributed by atoms with Crippen LogP contribution < -0.4 is 9.62 Å². The molecular weight excluding hydrogens is 447 g/mol. The van der Waals surface area contributed by atoms with E-state index in [-0.39, 0.29) is 24.7 Å². The molecule has 2 rings (SSSR count). The first kappa shape index (κ1) is 24.5. The lowest BCUT2D eigenvalue weighted by molar-refractivity contribution is -0.121. The minimum atomic E-state index is -3.43. The maximum absolute atomic E-state index is 13.7. The summed E-state index contributed by atoms with van der Waals surface area (Å²) in [5.41, 5.74) is 2.10. The molecule has 0 saturated carbocycles. The van der Waals surface area contributed by atoms with Crippen LogP contribution in [-0.2, 0) is 20.6 Å². The molecule has 0 fully saturated rings. The third-order valence-corrected chi connectivity index (χ3v) is 6.90. The van der Waals surface area contributed by atoms with Gasteiger partial charge in [0.25, 0.3) is 0 Å². The van der Waals surface area contributed by atoms with Crippen molar-refractivity contribution in [2.24, 2.45) is 0 Å². The maximum Gasteiger partial charge on any atom is 0.232 e. The van der Waals surface area contributed by atoms with Crippen LogP contribution in [-0.4, -0.2) is 39.4 Å². The number of amides is 1. The van der Waals surface area contributed by atoms with Gasteiger partial charge in [-0.3, -0.25) is 9.10 Å². The lowest BCUT2D eigenvalue weighted by atomic mass is 10.2. The van der Waals surface area contributed by atoms with Gasteiger partial charge in [0.2, 0.25) is 15.9 Å². The van der Waals surface area contributed by atoms with Gasteiger partial charge in [-0.05, 0) is 37.6 Å². The van der Waals surface area contributed by atoms with Gasteiger partial charge in [0.05, 0.1) is 11.9 Å². The first-order chi connectivity index (χ1) is 14.2. The van der Waals surface area contributed by atoms with Crippen LogP contribution in [0, 0.1) is 12.7 Å². The summed E-state index contributed by atoms with van der Waals surface area (Å²) in [6, 6.07) is 11.8. The summed E-state index contributed by atoms with van der Waals surface area (Å²) >= 11 is 7.47. The molecular formula is C21H26ClFN2O3S2. The van der Waals surface area contributed by atoms with Crippen molar-refractivity contribution >= 4 is 45.0 Å². The number of nitrogens with zero attached hydrogens (tertiary/aromatic N) is 1. The number of hydrogen-bond acceptors (Lipinski definition) is 4. The fraction of sp³-hybridized carbons (Fsp3) is 0.381. The Bertz CT molecular complexity index is 933. The van der Waals surface area contributed by atoms with E-state index in [4.69, 9.17) is 11.6 Å². The number of hydrogen-bond donors (Lipinski definition) is 1. The molecule has 0 saturated heterocycles. The van der Waals surface area contributed by atoms with E-state index >= 15 is 0 Å². The van der Waals surface area contributed by atoms with Crippen LogP contribution in [0.2, 0.25) is 5.02 Å². The van der Waals surface area contributed by atoms with Crippen LogP contribution in [0.15, 0.2) is 42.5 Å². The summed E-state index contributed by atoms with van der Waals surface area (Å²) in [5.74, 6) is 0.580. The SMILES string of the molecule is Cc1ccc(N(CCCC(=O)NCCSCc2c(F)cccc2Cl)S(C)(=O)=O)cc1.